The smallest absolute Gasteiger partial charge is 0.224 e. The molecule has 0 unspecified atom stereocenters. The third-order valence-corrected chi connectivity index (χ3v) is 4.09. The number of aromatic nitrogens is 4. The highest BCUT2D eigenvalue weighted by Gasteiger charge is 2.20. The number of nitrogens with zero attached hydrogens (tertiary/aromatic N) is 6. The molecule has 24 heavy (non-hydrogen) atoms. The predicted molar refractivity (Wildman–Crippen MR) is 87.4 cm³/mol. The van der Waals surface area contributed by atoms with Crippen LogP contribution in [0, 0.1) is 0 Å². The van der Waals surface area contributed by atoms with Gasteiger partial charge in [-0.15, -0.1) is 5.10 Å². The van der Waals surface area contributed by atoms with Gasteiger partial charge in [0.1, 0.15) is 18.7 Å². The Labute approximate surface area is 141 Å². The molecule has 0 bridgehead atoms. The van der Waals surface area contributed by atoms with Crippen LogP contribution in [0.25, 0.3) is 0 Å². The number of tetrazole rings is 1. The molecule has 0 saturated carbocycles. The summed E-state index contributed by atoms with van der Waals surface area (Å²) in [6, 6.07) is 9.83. The van der Waals surface area contributed by atoms with Crippen LogP contribution in [-0.4, -0.2) is 75.2 Å². The van der Waals surface area contributed by atoms with E-state index in [1.807, 2.05) is 35.2 Å². The predicted octanol–water partition coefficient (Wildman–Crippen LogP) is 0.286. The van der Waals surface area contributed by atoms with E-state index in [-0.39, 0.29) is 5.91 Å². The van der Waals surface area contributed by atoms with E-state index in [9.17, 15) is 4.79 Å². The Bertz CT molecular complexity index is 611. The van der Waals surface area contributed by atoms with Crippen LogP contribution in [-0.2, 0) is 11.3 Å². The molecule has 1 saturated heterocycles. The van der Waals surface area contributed by atoms with Gasteiger partial charge in [-0.25, -0.2) is 4.68 Å². The average Bonchev–Trinajstić information content (AvgIpc) is 3.15. The summed E-state index contributed by atoms with van der Waals surface area (Å²) in [5.41, 5.74) is 0. The lowest BCUT2D eigenvalue weighted by Crippen LogP contribution is -2.49. The number of aryl methyl sites for hydroxylation is 1. The number of rotatable bonds is 7. The quantitative estimate of drug-likeness (QED) is 0.726. The lowest BCUT2D eigenvalue weighted by molar-refractivity contribution is -0.133. The van der Waals surface area contributed by atoms with Gasteiger partial charge >= 0.3 is 0 Å². The van der Waals surface area contributed by atoms with Gasteiger partial charge in [-0.2, -0.15) is 0 Å². The van der Waals surface area contributed by atoms with Gasteiger partial charge in [0.05, 0.1) is 6.54 Å². The van der Waals surface area contributed by atoms with E-state index in [1.54, 1.807) is 4.68 Å². The van der Waals surface area contributed by atoms with Gasteiger partial charge in [0.2, 0.25) is 5.91 Å². The van der Waals surface area contributed by atoms with Crippen LogP contribution in [0.2, 0.25) is 0 Å². The summed E-state index contributed by atoms with van der Waals surface area (Å²) in [6.07, 6.45) is 1.96. The zero-order valence-electron chi connectivity index (χ0n) is 13.6. The maximum atomic E-state index is 12.2. The molecule has 1 amide bonds. The van der Waals surface area contributed by atoms with Gasteiger partial charge in [-0.05, 0) is 22.6 Å². The van der Waals surface area contributed by atoms with Crippen LogP contribution in [0.4, 0.5) is 0 Å². The van der Waals surface area contributed by atoms with Gasteiger partial charge in [0.25, 0.3) is 0 Å². The highest BCUT2D eigenvalue weighted by molar-refractivity contribution is 5.76. The number of hydrogen-bond donors (Lipinski definition) is 0. The topological polar surface area (TPSA) is 76.4 Å². The summed E-state index contributed by atoms with van der Waals surface area (Å²) in [6.45, 7) is 5.36. The van der Waals surface area contributed by atoms with E-state index in [0.29, 0.717) is 19.6 Å². The van der Waals surface area contributed by atoms with Gasteiger partial charge in [0.15, 0.2) is 0 Å². The third-order valence-electron chi connectivity index (χ3n) is 4.09. The molecule has 0 aliphatic carbocycles. The number of piperazine rings is 1. The second kappa shape index (κ2) is 8.39. The number of hydrogen-bond acceptors (Lipinski definition) is 6. The molecule has 2 heterocycles. The summed E-state index contributed by atoms with van der Waals surface area (Å²) < 4.78 is 7.30. The fourth-order valence-electron chi connectivity index (χ4n) is 2.68. The molecule has 8 nitrogen and oxygen atoms in total. The Morgan fingerprint density at radius 2 is 1.88 bits per heavy atom. The van der Waals surface area contributed by atoms with E-state index < -0.39 is 0 Å². The zero-order valence-corrected chi connectivity index (χ0v) is 13.6. The first kappa shape index (κ1) is 16.4. The number of para-hydroxylation sites is 1. The fraction of sp³-hybridized carbons (Fsp3) is 0.500. The van der Waals surface area contributed by atoms with Crippen molar-refractivity contribution >= 4 is 5.91 Å². The highest BCUT2D eigenvalue weighted by Crippen LogP contribution is 2.09. The molecule has 0 radical (unpaired) electrons. The Morgan fingerprint density at radius 1 is 1.08 bits per heavy atom. The Balaban J connectivity index is 1.32. The van der Waals surface area contributed by atoms with Crippen molar-refractivity contribution in [3.63, 3.8) is 0 Å². The fourth-order valence-corrected chi connectivity index (χ4v) is 2.68. The number of ether oxygens (including phenoxy) is 1. The van der Waals surface area contributed by atoms with Crippen LogP contribution in [0.3, 0.4) is 0 Å². The van der Waals surface area contributed by atoms with Crippen LogP contribution >= 0.6 is 0 Å². The second-order valence-electron chi connectivity index (χ2n) is 5.71. The van der Waals surface area contributed by atoms with Crippen molar-refractivity contribution in [3.8, 4) is 5.75 Å². The van der Waals surface area contributed by atoms with E-state index in [2.05, 4.69) is 20.4 Å². The van der Waals surface area contributed by atoms with Crippen molar-refractivity contribution in [2.75, 3.05) is 39.3 Å². The molecule has 0 spiro atoms. The minimum atomic E-state index is 0.158. The van der Waals surface area contributed by atoms with Crippen molar-refractivity contribution in [2.45, 2.75) is 13.0 Å². The third kappa shape index (κ3) is 4.76. The lowest BCUT2D eigenvalue weighted by Gasteiger charge is -2.34. The molecular weight excluding hydrogens is 308 g/mol. The molecule has 3 rings (SSSR count). The van der Waals surface area contributed by atoms with Crippen LogP contribution in [0.1, 0.15) is 6.42 Å². The minimum Gasteiger partial charge on any atom is -0.492 e. The monoisotopic (exact) mass is 330 g/mol. The van der Waals surface area contributed by atoms with Crippen LogP contribution in [0.15, 0.2) is 36.7 Å². The first-order valence-electron chi connectivity index (χ1n) is 8.20. The number of benzene rings is 1. The van der Waals surface area contributed by atoms with Crippen LogP contribution in [0.5, 0.6) is 5.75 Å². The van der Waals surface area contributed by atoms with Crippen molar-refractivity contribution in [1.29, 1.82) is 0 Å². The standard InChI is InChI=1S/C16H22N6O2/c23-16(6-7-22-14-17-18-19-22)21-10-8-20(9-11-21)12-13-24-15-4-2-1-3-5-15/h1-5,14H,6-13H2. The number of carbonyl (C=O) groups excluding carboxylic acids is 1. The first-order chi connectivity index (χ1) is 11.8. The van der Waals surface area contributed by atoms with Crippen molar-refractivity contribution < 1.29 is 9.53 Å². The van der Waals surface area contributed by atoms with Crippen molar-refractivity contribution in [2.24, 2.45) is 0 Å². The summed E-state index contributed by atoms with van der Waals surface area (Å²) in [7, 11) is 0. The number of carbonyl (C=O) groups is 1. The zero-order chi connectivity index (χ0) is 16.6. The van der Waals surface area contributed by atoms with E-state index in [1.165, 1.54) is 6.33 Å². The molecular formula is C16H22N6O2. The van der Waals surface area contributed by atoms with Gasteiger partial charge in [-0.3, -0.25) is 9.69 Å². The molecule has 2 aromatic rings. The lowest BCUT2D eigenvalue weighted by atomic mass is 10.2. The molecule has 0 atom stereocenters. The maximum Gasteiger partial charge on any atom is 0.224 e. The van der Waals surface area contributed by atoms with E-state index in [0.717, 1.165) is 38.5 Å². The first-order valence-corrected chi connectivity index (χ1v) is 8.20. The maximum absolute atomic E-state index is 12.2. The van der Waals surface area contributed by atoms with Crippen molar-refractivity contribution in [1.82, 2.24) is 30.0 Å². The molecule has 1 aliphatic heterocycles. The SMILES string of the molecule is O=C(CCn1cnnn1)N1CCN(CCOc2ccccc2)CC1. The summed E-state index contributed by atoms with van der Waals surface area (Å²) in [5.74, 6) is 1.06. The van der Waals surface area contributed by atoms with E-state index >= 15 is 0 Å². The average molecular weight is 330 g/mol. The van der Waals surface area contributed by atoms with Gasteiger partial charge in [0, 0.05) is 39.1 Å². The largest absolute Gasteiger partial charge is 0.492 e. The molecule has 8 heteroatoms. The molecule has 1 aromatic carbocycles. The second-order valence-corrected chi connectivity index (χ2v) is 5.71. The molecule has 1 aromatic heterocycles. The van der Waals surface area contributed by atoms with E-state index in [4.69, 9.17) is 4.74 Å². The molecule has 128 valence electrons. The van der Waals surface area contributed by atoms with Gasteiger partial charge < -0.3 is 9.64 Å². The molecule has 0 N–H and O–H groups in total. The summed E-state index contributed by atoms with van der Waals surface area (Å²) >= 11 is 0. The van der Waals surface area contributed by atoms with Gasteiger partial charge in [-0.1, -0.05) is 18.2 Å². The normalized spacial score (nSPS) is 15.4. The Kier molecular flexibility index (Phi) is 5.73. The number of amides is 1. The Hall–Kier alpha value is -2.48. The summed E-state index contributed by atoms with van der Waals surface area (Å²) in [5, 5.41) is 10.9. The van der Waals surface area contributed by atoms with Crippen LogP contribution < -0.4 is 4.74 Å². The minimum absolute atomic E-state index is 0.158. The Morgan fingerprint density at radius 3 is 2.58 bits per heavy atom. The molecule has 1 fully saturated rings. The summed E-state index contributed by atoms with van der Waals surface area (Å²) in [4.78, 5) is 16.4. The highest BCUT2D eigenvalue weighted by atomic mass is 16.5. The van der Waals surface area contributed by atoms with Crippen molar-refractivity contribution in [3.05, 3.63) is 36.7 Å². The molecule has 1 aliphatic rings.